The maximum atomic E-state index is 6.17. The zero-order chi connectivity index (χ0) is 18.4. The van der Waals surface area contributed by atoms with Crippen LogP contribution in [0.1, 0.15) is 5.56 Å². The molecule has 0 amide bonds. The van der Waals surface area contributed by atoms with Gasteiger partial charge in [-0.15, -0.1) is 5.10 Å². The van der Waals surface area contributed by atoms with Gasteiger partial charge in [0.25, 0.3) is 0 Å². The number of nitrogens with one attached hydrogen (secondary N) is 2. The molecular weight excluding hydrogens is 373 g/mol. The normalized spacial score (nSPS) is 10.4. The number of benzene rings is 2. The molecule has 0 bridgehead atoms. The Kier molecular flexibility index (Phi) is 6.09. The second-order valence-electron chi connectivity index (χ2n) is 5.42. The molecule has 3 aromatic rings. The third-order valence-electron chi connectivity index (χ3n) is 3.60. The molecule has 8 heteroatoms. The van der Waals surface area contributed by atoms with Gasteiger partial charge in [-0.3, -0.25) is 0 Å². The summed E-state index contributed by atoms with van der Waals surface area (Å²) in [6.45, 7) is 0.663. The van der Waals surface area contributed by atoms with Crippen LogP contribution in [-0.4, -0.2) is 28.8 Å². The highest BCUT2D eigenvalue weighted by Crippen LogP contribution is 2.31. The van der Waals surface area contributed by atoms with Crippen LogP contribution in [0.2, 0.25) is 10.0 Å². The van der Waals surface area contributed by atoms with Gasteiger partial charge in [-0.2, -0.15) is 10.1 Å². The Balaban J connectivity index is 1.61. The monoisotopic (exact) mass is 389 g/mol. The fourth-order valence-corrected chi connectivity index (χ4v) is 2.67. The number of halogens is 2. The van der Waals surface area contributed by atoms with Crippen LogP contribution in [0.3, 0.4) is 0 Å². The van der Waals surface area contributed by atoms with Gasteiger partial charge in [-0.25, -0.2) is 0 Å². The van der Waals surface area contributed by atoms with E-state index in [0.29, 0.717) is 34.0 Å². The minimum atomic E-state index is 0.427. The number of methoxy groups -OCH3 is 1. The molecule has 0 aliphatic rings. The number of ether oxygens (including phenoxy) is 1. The smallest absolute Gasteiger partial charge is 0.244 e. The van der Waals surface area contributed by atoms with E-state index in [2.05, 4.69) is 25.8 Å². The van der Waals surface area contributed by atoms with E-state index in [1.165, 1.54) is 6.20 Å². The summed E-state index contributed by atoms with van der Waals surface area (Å²) >= 11 is 12.2. The van der Waals surface area contributed by atoms with E-state index < -0.39 is 0 Å². The molecule has 26 heavy (non-hydrogen) atoms. The van der Waals surface area contributed by atoms with Gasteiger partial charge in [-0.05, 0) is 36.2 Å². The van der Waals surface area contributed by atoms with Crippen molar-refractivity contribution in [2.24, 2.45) is 0 Å². The van der Waals surface area contributed by atoms with Crippen molar-refractivity contribution in [3.05, 3.63) is 64.3 Å². The van der Waals surface area contributed by atoms with Crippen LogP contribution in [0.25, 0.3) is 0 Å². The third-order valence-corrected chi connectivity index (χ3v) is 4.42. The van der Waals surface area contributed by atoms with Crippen LogP contribution in [0.5, 0.6) is 5.75 Å². The molecule has 134 valence electrons. The molecule has 2 aromatic carbocycles. The molecule has 1 heterocycles. The Morgan fingerprint density at radius 3 is 2.81 bits per heavy atom. The molecule has 0 unspecified atom stereocenters. The van der Waals surface area contributed by atoms with Gasteiger partial charge in [0.15, 0.2) is 5.82 Å². The van der Waals surface area contributed by atoms with Gasteiger partial charge in [-0.1, -0.05) is 41.4 Å². The molecule has 0 atom stereocenters. The molecule has 6 nitrogen and oxygen atoms in total. The van der Waals surface area contributed by atoms with Gasteiger partial charge in [0.1, 0.15) is 5.75 Å². The first-order chi connectivity index (χ1) is 12.7. The van der Waals surface area contributed by atoms with E-state index >= 15 is 0 Å². The highest BCUT2D eigenvalue weighted by molar-refractivity contribution is 6.43. The lowest BCUT2D eigenvalue weighted by Gasteiger charge is -2.10. The summed E-state index contributed by atoms with van der Waals surface area (Å²) in [7, 11) is 1.65. The summed E-state index contributed by atoms with van der Waals surface area (Å²) in [5.74, 6) is 1.79. The number of hydrogen-bond donors (Lipinski definition) is 2. The molecule has 0 aliphatic heterocycles. The Hall–Kier alpha value is -2.57. The first-order valence-electron chi connectivity index (χ1n) is 7.93. The minimum absolute atomic E-state index is 0.427. The summed E-state index contributed by atoms with van der Waals surface area (Å²) in [6.07, 6.45) is 2.32. The van der Waals surface area contributed by atoms with E-state index in [1.807, 2.05) is 30.3 Å². The summed E-state index contributed by atoms with van der Waals surface area (Å²) in [5, 5.41) is 15.1. The van der Waals surface area contributed by atoms with Crippen molar-refractivity contribution in [1.82, 2.24) is 15.2 Å². The SMILES string of the molecule is COc1cccc(CCNc2nncc(Nc3cccc(Cl)c3Cl)n2)c1. The van der Waals surface area contributed by atoms with Crippen LogP contribution in [0, 0.1) is 0 Å². The predicted molar refractivity (Wildman–Crippen MR) is 105 cm³/mol. The fraction of sp³-hybridized carbons (Fsp3) is 0.167. The topological polar surface area (TPSA) is 72.0 Å². The van der Waals surface area contributed by atoms with Crippen LogP contribution in [-0.2, 0) is 6.42 Å². The fourth-order valence-electron chi connectivity index (χ4n) is 2.32. The van der Waals surface area contributed by atoms with Crippen molar-refractivity contribution in [2.75, 3.05) is 24.3 Å². The van der Waals surface area contributed by atoms with Crippen LogP contribution in [0.15, 0.2) is 48.7 Å². The molecule has 2 N–H and O–H groups in total. The zero-order valence-corrected chi connectivity index (χ0v) is 15.6. The molecular formula is C18H17Cl2N5O. The van der Waals surface area contributed by atoms with Crippen LogP contribution in [0.4, 0.5) is 17.5 Å². The van der Waals surface area contributed by atoms with Crippen LogP contribution < -0.4 is 15.4 Å². The molecule has 0 saturated heterocycles. The lowest BCUT2D eigenvalue weighted by atomic mass is 10.1. The number of rotatable bonds is 7. The largest absolute Gasteiger partial charge is 0.497 e. The van der Waals surface area contributed by atoms with Crippen molar-refractivity contribution in [3.63, 3.8) is 0 Å². The first kappa shape index (κ1) is 18.2. The summed E-state index contributed by atoms with van der Waals surface area (Å²) in [4.78, 5) is 4.38. The van der Waals surface area contributed by atoms with Gasteiger partial charge in [0.05, 0.1) is 29.0 Å². The molecule has 0 spiro atoms. The third kappa shape index (κ3) is 4.74. The van der Waals surface area contributed by atoms with Crippen molar-refractivity contribution in [3.8, 4) is 5.75 Å². The van der Waals surface area contributed by atoms with Gasteiger partial charge < -0.3 is 15.4 Å². The van der Waals surface area contributed by atoms with Gasteiger partial charge in [0.2, 0.25) is 5.95 Å². The van der Waals surface area contributed by atoms with Gasteiger partial charge >= 0.3 is 0 Å². The maximum Gasteiger partial charge on any atom is 0.244 e. The predicted octanol–water partition coefficient (Wildman–Crippen LogP) is 4.59. The number of anilines is 3. The van der Waals surface area contributed by atoms with Crippen molar-refractivity contribution >= 4 is 40.7 Å². The number of hydrogen-bond acceptors (Lipinski definition) is 6. The first-order valence-corrected chi connectivity index (χ1v) is 8.69. The molecule has 0 fully saturated rings. The average Bonchev–Trinajstić information content (AvgIpc) is 2.66. The Morgan fingerprint density at radius 2 is 1.96 bits per heavy atom. The standard InChI is InChI=1S/C18H17Cl2N5O/c1-26-13-5-2-4-12(10-13)8-9-21-18-24-16(11-22-25-18)23-15-7-3-6-14(19)17(15)20/h2-7,10-11H,8-9H2,1H3,(H2,21,23,24,25). The van der Waals surface area contributed by atoms with E-state index in [1.54, 1.807) is 19.2 Å². The second kappa shape index (κ2) is 8.69. The molecule has 0 aliphatic carbocycles. The second-order valence-corrected chi connectivity index (χ2v) is 6.21. The minimum Gasteiger partial charge on any atom is -0.497 e. The molecule has 0 saturated carbocycles. The lowest BCUT2D eigenvalue weighted by Crippen LogP contribution is -2.09. The van der Waals surface area contributed by atoms with E-state index in [-0.39, 0.29) is 0 Å². The van der Waals surface area contributed by atoms with Gasteiger partial charge in [0, 0.05) is 6.54 Å². The highest BCUT2D eigenvalue weighted by Gasteiger charge is 2.07. The van der Waals surface area contributed by atoms with E-state index in [9.17, 15) is 0 Å². The average molecular weight is 390 g/mol. The Bertz CT molecular complexity index is 891. The summed E-state index contributed by atoms with van der Waals surface area (Å²) < 4.78 is 5.23. The van der Waals surface area contributed by atoms with E-state index in [0.717, 1.165) is 17.7 Å². The Labute approximate surface area is 161 Å². The zero-order valence-electron chi connectivity index (χ0n) is 14.0. The molecule has 3 rings (SSSR count). The summed E-state index contributed by atoms with van der Waals surface area (Å²) in [6, 6.07) is 13.3. The molecule has 1 aromatic heterocycles. The van der Waals surface area contributed by atoms with Crippen molar-refractivity contribution in [1.29, 1.82) is 0 Å². The lowest BCUT2D eigenvalue weighted by molar-refractivity contribution is 0.414. The van der Waals surface area contributed by atoms with Crippen molar-refractivity contribution in [2.45, 2.75) is 6.42 Å². The highest BCUT2D eigenvalue weighted by atomic mass is 35.5. The maximum absolute atomic E-state index is 6.17. The molecule has 0 radical (unpaired) electrons. The van der Waals surface area contributed by atoms with Crippen molar-refractivity contribution < 1.29 is 4.74 Å². The summed E-state index contributed by atoms with van der Waals surface area (Å²) in [5.41, 5.74) is 1.81. The van der Waals surface area contributed by atoms with E-state index in [4.69, 9.17) is 27.9 Å². The van der Waals surface area contributed by atoms with Crippen LogP contribution >= 0.6 is 23.2 Å². The number of aromatic nitrogens is 3. The number of nitrogens with zero attached hydrogens (tertiary/aromatic N) is 3. The Morgan fingerprint density at radius 1 is 1.12 bits per heavy atom. The quantitative estimate of drug-likeness (QED) is 0.615.